The second kappa shape index (κ2) is 40.6. The molecule has 0 aromatic heterocycles. The predicted octanol–water partition coefficient (Wildman–Crippen LogP) is 13.6. The van der Waals surface area contributed by atoms with Crippen LogP contribution in [0, 0.1) is 0 Å². The van der Waals surface area contributed by atoms with E-state index in [-0.39, 0.29) is 12.6 Å². The van der Waals surface area contributed by atoms with E-state index in [2.05, 4.69) is 13.8 Å². The Balaban J connectivity index is 3.33. The minimum absolute atomic E-state index is 0.163. The lowest BCUT2D eigenvalue weighted by Gasteiger charge is -2.16. The summed E-state index contributed by atoms with van der Waals surface area (Å²) in [6, 6.07) is 0. The molecule has 0 aliphatic carbocycles. The number of esters is 1. The standard InChI is InChI=1S/C42H84O4/c1-3-5-7-9-11-13-15-17-18-19-20-21-22-23-24-26-28-30-32-34-36-38-45-40-41(39-43)46-42(44)37-35-33-31-29-27-25-16-14-12-10-8-6-4-2/h41,43H,3-40H2,1-2H3. The SMILES string of the molecule is CCCCCCCCCCCCCCCCCCCCCCCOCC(CO)OC(=O)CCCCCCCCCCCCCCC. The van der Waals surface area contributed by atoms with E-state index in [0.29, 0.717) is 19.6 Å². The van der Waals surface area contributed by atoms with Crippen LogP contribution in [0.4, 0.5) is 0 Å². The third kappa shape index (κ3) is 37.8. The van der Waals surface area contributed by atoms with Crippen LogP contribution in [0.1, 0.15) is 239 Å². The second-order valence-corrected chi connectivity index (χ2v) is 14.4. The average Bonchev–Trinajstić information content (AvgIpc) is 3.06. The van der Waals surface area contributed by atoms with Gasteiger partial charge in [-0.05, 0) is 12.8 Å². The molecule has 1 unspecified atom stereocenters. The molecule has 0 aliphatic heterocycles. The van der Waals surface area contributed by atoms with Gasteiger partial charge in [-0.1, -0.05) is 219 Å². The fourth-order valence-corrected chi connectivity index (χ4v) is 6.51. The number of hydrogen-bond acceptors (Lipinski definition) is 4. The number of aliphatic hydroxyl groups excluding tert-OH is 1. The molecule has 0 aliphatic rings. The summed E-state index contributed by atoms with van der Waals surface area (Å²) in [6.07, 6.45) is 45.9. The maximum Gasteiger partial charge on any atom is 0.306 e. The van der Waals surface area contributed by atoms with Gasteiger partial charge in [-0.25, -0.2) is 0 Å². The summed E-state index contributed by atoms with van der Waals surface area (Å²) in [5, 5.41) is 9.58. The fourth-order valence-electron chi connectivity index (χ4n) is 6.51. The lowest BCUT2D eigenvalue weighted by molar-refractivity contribution is -0.154. The minimum atomic E-state index is -0.524. The van der Waals surface area contributed by atoms with Gasteiger partial charge in [0.1, 0.15) is 6.10 Å². The second-order valence-electron chi connectivity index (χ2n) is 14.4. The first-order valence-corrected chi connectivity index (χ1v) is 21.1. The highest BCUT2D eigenvalue weighted by atomic mass is 16.6. The molecule has 1 atom stereocenters. The zero-order valence-corrected chi connectivity index (χ0v) is 31.6. The molecular formula is C42H84O4. The molecule has 4 heteroatoms. The molecule has 0 heterocycles. The first-order chi connectivity index (χ1) is 22.7. The summed E-state index contributed by atoms with van der Waals surface area (Å²) in [4.78, 5) is 12.2. The van der Waals surface area contributed by atoms with Gasteiger partial charge < -0.3 is 14.6 Å². The van der Waals surface area contributed by atoms with E-state index < -0.39 is 6.10 Å². The molecule has 276 valence electrons. The van der Waals surface area contributed by atoms with Crippen molar-refractivity contribution < 1.29 is 19.4 Å². The van der Waals surface area contributed by atoms with Crippen LogP contribution in [0.5, 0.6) is 0 Å². The number of unbranched alkanes of at least 4 members (excludes halogenated alkanes) is 32. The molecular weight excluding hydrogens is 568 g/mol. The molecule has 0 spiro atoms. The molecule has 0 aromatic carbocycles. The lowest BCUT2D eigenvalue weighted by atomic mass is 10.0. The van der Waals surface area contributed by atoms with Crippen molar-refractivity contribution >= 4 is 5.97 Å². The summed E-state index contributed by atoms with van der Waals surface area (Å²) in [7, 11) is 0. The van der Waals surface area contributed by atoms with Crippen LogP contribution in [-0.2, 0) is 14.3 Å². The number of hydrogen-bond donors (Lipinski definition) is 1. The van der Waals surface area contributed by atoms with Gasteiger partial charge in [0.2, 0.25) is 0 Å². The van der Waals surface area contributed by atoms with Crippen molar-refractivity contribution in [1.82, 2.24) is 0 Å². The Morgan fingerprint density at radius 1 is 0.435 bits per heavy atom. The zero-order chi connectivity index (χ0) is 33.4. The summed E-state index contributed by atoms with van der Waals surface area (Å²) >= 11 is 0. The van der Waals surface area contributed by atoms with Crippen molar-refractivity contribution in [1.29, 1.82) is 0 Å². The molecule has 0 amide bonds. The maximum absolute atomic E-state index is 12.2. The number of carbonyl (C=O) groups is 1. The summed E-state index contributed by atoms with van der Waals surface area (Å²) in [5.41, 5.74) is 0. The van der Waals surface area contributed by atoms with Gasteiger partial charge in [-0.2, -0.15) is 0 Å². The number of carbonyl (C=O) groups excluding carboxylic acids is 1. The summed E-state index contributed by atoms with van der Waals surface area (Å²) in [6.45, 7) is 5.40. The summed E-state index contributed by atoms with van der Waals surface area (Å²) < 4.78 is 11.2. The molecule has 46 heavy (non-hydrogen) atoms. The van der Waals surface area contributed by atoms with Gasteiger partial charge in [0.05, 0.1) is 13.2 Å². The van der Waals surface area contributed by atoms with E-state index in [0.717, 1.165) is 19.3 Å². The molecule has 0 bridgehead atoms. The quantitative estimate of drug-likeness (QED) is 0.0528. The van der Waals surface area contributed by atoms with Crippen LogP contribution in [-0.4, -0.2) is 37.0 Å². The van der Waals surface area contributed by atoms with E-state index >= 15 is 0 Å². The predicted molar refractivity (Wildman–Crippen MR) is 201 cm³/mol. The van der Waals surface area contributed by atoms with E-state index in [1.807, 2.05) is 0 Å². The van der Waals surface area contributed by atoms with Crippen molar-refractivity contribution in [2.24, 2.45) is 0 Å². The van der Waals surface area contributed by atoms with Gasteiger partial charge in [0.15, 0.2) is 0 Å². The molecule has 4 nitrogen and oxygen atoms in total. The lowest BCUT2D eigenvalue weighted by Crippen LogP contribution is -2.27. The topological polar surface area (TPSA) is 55.8 Å². The van der Waals surface area contributed by atoms with Gasteiger partial charge in [-0.3, -0.25) is 4.79 Å². The van der Waals surface area contributed by atoms with E-state index in [1.165, 1.54) is 199 Å². The molecule has 0 fully saturated rings. The zero-order valence-electron chi connectivity index (χ0n) is 31.6. The Morgan fingerprint density at radius 3 is 1.02 bits per heavy atom. The number of ether oxygens (including phenoxy) is 2. The van der Waals surface area contributed by atoms with Crippen LogP contribution >= 0.6 is 0 Å². The molecule has 0 saturated heterocycles. The Morgan fingerprint density at radius 2 is 0.717 bits per heavy atom. The van der Waals surface area contributed by atoms with Crippen molar-refractivity contribution in [2.75, 3.05) is 19.8 Å². The van der Waals surface area contributed by atoms with E-state index in [1.54, 1.807) is 0 Å². The van der Waals surface area contributed by atoms with Crippen LogP contribution in [0.15, 0.2) is 0 Å². The Labute approximate surface area is 289 Å². The molecule has 1 N–H and O–H groups in total. The molecule has 0 aromatic rings. The smallest absolute Gasteiger partial charge is 0.306 e. The number of rotatable bonds is 40. The molecule has 0 saturated carbocycles. The van der Waals surface area contributed by atoms with Crippen molar-refractivity contribution in [3.63, 3.8) is 0 Å². The van der Waals surface area contributed by atoms with E-state index in [9.17, 15) is 9.90 Å². The third-order valence-corrected chi connectivity index (χ3v) is 9.68. The largest absolute Gasteiger partial charge is 0.457 e. The van der Waals surface area contributed by atoms with E-state index in [4.69, 9.17) is 9.47 Å². The highest BCUT2D eigenvalue weighted by Crippen LogP contribution is 2.16. The normalized spacial score (nSPS) is 12.2. The fraction of sp³-hybridized carbons (Fsp3) is 0.976. The third-order valence-electron chi connectivity index (χ3n) is 9.68. The Kier molecular flexibility index (Phi) is 40.0. The molecule has 0 rings (SSSR count). The molecule has 0 radical (unpaired) electrons. The van der Waals surface area contributed by atoms with Crippen molar-refractivity contribution in [3.05, 3.63) is 0 Å². The maximum atomic E-state index is 12.2. The summed E-state index contributed by atoms with van der Waals surface area (Å²) in [5.74, 6) is -0.195. The van der Waals surface area contributed by atoms with Gasteiger partial charge in [-0.15, -0.1) is 0 Å². The van der Waals surface area contributed by atoms with Crippen LogP contribution < -0.4 is 0 Å². The van der Waals surface area contributed by atoms with Crippen LogP contribution in [0.2, 0.25) is 0 Å². The Hall–Kier alpha value is -0.610. The van der Waals surface area contributed by atoms with Crippen molar-refractivity contribution in [2.45, 2.75) is 245 Å². The number of aliphatic hydroxyl groups is 1. The van der Waals surface area contributed by atoms with Gasteiger partial charge in [0.25, 0.3) is 0 Å². The minimum Gasteiger partial charge on any atom is -0.457 e. The highest BCUT2D eigenvalue weighted by Gasteiger charge is 2.13. The van der Waals surface area contributed by atoms with Gasteiger partial charge >= 0.3 is 5.97 Å². The first kappa shape index (κ1) is 45.4. The average molecular weight is 653 g/mol. The van der Waals surface area contributed by atoms with Crippen LogP contribution in [0.3, 0.4) is 0 Å². The van der Waals surface area contributed by atoms with Crippen LogP contribution in [0.25, 0.3) is 0 Å². The Bertz CT molecular complexity index is 566. The van der Waals surface area contributed by atoms with Crippen molar-refractivity contribution in [3.8, 4) is 0 Å². The monoisotopic (exact) mass is 653 g/mol. The highest BCUT2D eigenvalue weighted by molar-refractivity contribution is 5.69. The van der Waals surface area contributed by atoms with Gasteiger partial charge in [0, 0.05) is 13.0 Å². The first-order valence-electron chi connectivity index (χ1n) is 21.1.